The maximum absolute atomic E-state index is 8.91. The molecule has 0 N–H and O–H groups in total. The minimum atomic E-state index is 0.592. The number of para-hydroxylation sites is 1. The highest BCUT2D eigenvalue weighted by Crippen LogP contribution is 2.16. The molecular formula is C15H22N2O2. The van der Waals surface area contributed by atoms with E-state index in [0.717, 1.165) is 32.8 Å². The van der Waals surface area contributed by atoms with Crippen LogP contribution in [0, 0.1) is 11.3 Å². The number of benzene rings is 1. The standard InChI is InChI=1S/C13H16N2O2.C2H6/c14-11-12-3-1-2-4-13(12)17-10-7-15-5-8-16-9-6-15;1-2/h1-4H,5-10H2;1-2H3. The van der Waals surface area contributed by atoms with E-state index in [1.165, 1.54) is 0 Å². The number of ether oxygens (including phenoxy) is 2. The molecule has 4 heteroatoms. The van der Waals surface area contributed by atoms with Gasteiger partial charge in [-0.1, -0.05) is 26.0 Å². The predicted octanol–water partition coefficient (Wildman–Crippen LogP) is 2.30. The molecule has 0 atom stereocenters. The number of rotatable bonds is 4. The summed E-state index contributed by atoms with van der Waals surface area (Å²) in [5.74, 6) is 0.670. The Morgan fingerprint density at radius 1 is 1.26 bits per heavy atom. The Labute approximate surface area is 115 Å². The van der Waals surface area contributed by atoms with Crippen molar-refractivity contribution in [2.45, 2.75) is 13.8 Å². The van der Waals surface area contributed by atoms with Crippen LogP contribution in [0.2, 0.25) is 0 Å². The van der Waals surface area contributed by atoms with Crippen molar-refractivity contribution in [3.63, 3.8) is 0 Å². The molecule has 0 spiro atoms. The lowest BCUT2D eigenvalue weighted by Gasteiger charge is -2.26. The van der Waals surface area contributed by atoms with E-state index >= 15 is 0 Å². The third kappa shape index (κ3) is 5.29. The molecule has 0 aromatic heterocycles. The van der Waals surface area contributed by atoms with Crippen LogP contribution in [0.3, 0.4) is 0 Å². The van der Waals surface area contributed by atoms with E-state index in [1.807, 2.05) is 32.0 Å². The first-order valence-electron chi connectivity index (χ1n) is 6.82. The average molecular weight is 262 g/mol. The van der Waals surface area contributed by atoms with E-state index in [0.29, 0.717) is 17.9 Å². The normalized spacial score (nSPS) is 15.0. The second-order valence-electron chi connectivity index (χ2n) is 3.91. The fraction of sp³-hybridized carbons (Fsp3) is 0.533. The summed E-state index contributed by atoms with van der Waals surface area (Å²) >= 11 is 0. The summed E-state index contributed by atoms with van der Waals surface area (Å²) in [5.41, 5.74) is 0.592. The van der Waals surface area contributed by atoms with Gasteiger partial charge in [0, 0.05) is 19.6 Å². The van der Waals surface area contributed by atoms with Gasteiger partial charge < -0.3 is 9.47 Å². The Balaban J connectivity index is 0.000000861. The van der Waals surface area contributed by atoms with Crippen molar-refractivity contribution in [2.24, 2.45) is 0 Å². The molecule has 0 saturated carbocycles. The van der Waals surface area contributed by atoms with E-state index in [1.54, 1.807) is 6.07 Å². The Morgan fingerprint density at radius 2 is 1.95 bits per heavy atom. The molecule has 1 aliphatic rings. The molecule has 1 aromatic carbocycles. The molecule has 1 heterocycles. The highest BCUT2D eigenvalue weighted by Gasteiger charge is 2.10. The Kier molecular flexibility index (Phi) is 7.64. The van der Waals surface area contributed by atoms with Crippen molar-refractivity contribution in [1.29, 1.82) is 5.26 Å². The smallest absolute Gasteiger partial charge is 0.137 e. The van der Waals surface area contributed by atoms with Crippen LogP contribution in [-0.2, 0) is 4.74 Å². The van der Waals surface area contributed by atoms with Crippen LogP contribution in [0.5, 0.6) is 5.75 Å². The van der Waals surface area contributed by atoms with Gasteiger partial charge in [0.15, 0.2) is 0 Å². The molecule has 104 valence electrons. The lowest BCUT2D eigenvalue weighted by molar-refractivity contribution is 0.0322. The molecule has 0 amide bonds. The highest BCUT2D eigenvalue weighted by atomic mass is 16.5. The molecule has 19 heavy (non-hydrogen) atoms. The van der Waals surface area contributed by atoms with Gasteiger partial charge in [-0.3, -0.25) is 4.90 Å². The molecule has 1 fully saturated rings. The highest BCUT2D eigenvalue weighted by molar-refractivity contribution is 5.42. The van der Waals surface area contributed by atoms with Crippen LogP contribution < -0.4 is 4.74 Å². The predicted molar refractivity (Wildman–Crippen MR) is 75.3 cm³/mol. The SMILES string of the molecule is CC.N#Cc1ccccc1OCCN1CCOCC1. The second kappa shape index (κ2) is 9.37. The Hall–Kier alpha value is -1.57. The first kappa shape index (κ1) is 15.5. The van der Waals surface area contributed by atoms with Crippen molar-refractivity contribution in [3.8, 4) is 11.8 Å². The zero-order valence-corrected chi connectivity index (χ0v) is 11.8. The minimum Gasteiger partial charge on any atom is -0.491 e. The molecule has 4 nitrogen and oxygen atoms in total. The van der Waals surface area contributed by atoms with Crippen molar-refractivity contribution >= 4 is 0 Å². The third-order valence-electron chi connectivity index (χ3n) is 2.78. The average Bonchev–Trinajstić information content (AvgIpc) is 2.51. The van der Waals surface area contributed by atoms with Gasteiger partial charge in [0.1, 0.15) is 18.4 Å². The topological polar surface area (TPSA) is 45.5 Å². The van der Waals surface area contributed by atoms with Crippen LogP contribution in [-0.4, -0.2) is 44.4 Å². The van der Waals surface area contributed by atoms with Crippen LogP contribution in [0.15, 0.2) is 24.3 Å². The van der Waals surface area contributed by atoms with Gasteiger partial charge in [-0.2, -0.15) is 5.26 Å². The molecule has 1 aromatic rings. The summed E-state index contributed by atoms with van der Waals surface area (Å²) in [6.07, 6.45) is 0. The van der Waals surface area contributed by atoms with Crippen molar-refractivity contribution in [3.05, 3.63) is 29.8 Å². The van der Waals surface area contributed by atoms with Gasteiger partial charge in [-0.15, -0.1) is 0 Å². The molecule has 0 aliphatic carbocycles. The van der Waals surface area contributed by atoms with Gasteiger partial charge in [0.25, 0.3) is 0 Å². The summed E-state index contributed by atoms with van der Waals surface area (Å²) < 4.78 is 10.9. The zero-order chi connectivity index (χ0) is 13.9. The second-order valence-corrected chi connectivity index (χ2v) is 3.91. The van der Waals surface area contributed by atoms with Crippen LogP contribution in [0.1, 0.15) is 19.4 Å². The summed E-state index contributed by atoms with van der Waals surface area (Å²) in [4.78, 5) is 2.30. The fourth-order valence-electron chi connectivity index (χ4n) is 1.79. The van der Waals surface area contributed by atoms with Gasteiger partial charge in [0.05, 0.1) is 18.8 Å². The van der Waals surface area contributed by atoms with E-state index < -0.39 is 0 Å². The molecule has 2 rings (SSSR count). The monoisotopic (exact) mass is 262 g/mol. The fourth-order valence-corrected chi connectivity index (χ4v) is 1.79. The van der Waals surface area contributed by atoms with Crippen LogP contribution in [0.25, 0.3) is 0 Å². The molecule has 0 radical (unpaired) electrons. The van der Waals surface area contributed by atoms with Crippen LogP contribution in [0.4, 0.5) is 0 Å². The van der Waals surface area contributed by atoms with Crippen molar-refractivity contribution in [1.82, 2.24) is 4.90 Å². The summed E-state index contributed by atoms with van der Waals surface area (Å²) in [5, 5.41) is 8.91. The number of morpholine rings is 1. The van der Waals surface area contributed by atoms with Crippen molar-refractivity contribution < 1.29 is 9.47 Å². The summed E-state index contributed by atoms with van der Waals surface area (Å²) in [6.45, 7) is 9.01. The molecule has 0 bridgehead atoms. The summed E-state index contributed by atoms with van der Waals surface area (Å²) in [7, 11) is 0. The van der Waals surface area contributed by atoms with E-state index in [-0.39, 0.29) is 0 Å². The minimum absolute atomic E-state index is 0.592. The first-order chi connectivity index (χ1) is 9.40. The number of hydrogen-bond acceptors (Lipinski definition) is 4. The van der Waals surface area contributed by atoms with Crippen molar-refractivity contribution in [2.75, 3.05) is 39.5 Å². The van der Waals surface area contributed by atoms with Gasteiger partial charge in [-0.05, 0) is 12.1 Å². The number of nitriles is 1. The largest absolute Gasteiger partial charge is 0.491 e. The lowest BCUT2D eigenvalue weighted by atomic mass is 10.2. The third-order valence-corrected chi connectivity index (χ3v) is 2.78. The number of nitrogens with zero attached hydrogens (tertiary/aromatic N) is 2. The molecule has 1 saturated heterocycles. The maximum Gasteiger partial charge on any atom is 0.137 e. The maximum atomic E-state index is 8.91. The summed E-state index contributed by atoms with van der Waals surface area (Å²) in [6, 6.07) is 9.45. The Morgan fingerprint density at radius 3 is 2.63 bits per heavy atom. The van der Waals surface area contributed by atoms with E-state index in [4.69, 9.17) is 14.7 Å². The van der Waals surface area contributed by atoms with Gasteiger partial charge in [-0.25, -0.2) is 0 Å². The molecule has 1 aliphatic heterocycles. The van der Waals surface area contributed by atoms with Gasteiger partial charge >= 0.3 is 0 Å². The van der Waals surface area contributed by atoms with Gasteiger partial charge in [0.2, 0.25) is 0 Å². The quantitative estimate of drug-likeness (QED) is 0.835. The van der Waals surface area contributed by atoms with Crippen LogP contribution >= 0.6 is 0 Å². The zero-order valence-electron chi connectivity index (χ0n) is 11.8. The number of hydrogen-bond donors (Lipinski definition) is 0. The van der Waals surface area contributed by atoms with E-state index in [9.17, 15) is 0 Å². The molecular weight excluding hydrogens is 240 g/mol. The first-order valence-corrected chi connectivity index (χ1v) is 6.82. The van der Waals surface area contributed by atoms with E-state index in [2.05, 4.69) is 11.0 Å². The Bertz CT molecular complexity index is 395. The molecule has 0 unspecified atom stereocenters. The lowest BCUT2D eigenvalue weighted by Crippen LogP contribution is -2.38.